The van der Waals surface area contributed by atoms with Crippen LogP contribution in [0.2, 0.25) is 0 Å². The van der Waals surface area contributed by atoms with E-state index in [0.29, 0.717) is 29.4 Å². The Balaban J connectivity index is 1.28. The first kappa shape index (κ1) is 19.5. The molecule has 2 atom stereocenters. The zero-order valence-corrected chi connectivity index (χ0v) is 17.0. The lowest BCUT2D eigenvalue weighted by Gasteiger charge is -2.23. The summed E-state index contributed by atoms with van der Waals surface area (Å²) in [5.41, 5.74) is 3.11. The van der Waals surface area contributed by atoms with E-state index in [1.165, 1.54) is 0 Å². The molecule has 1 aromatic carbocycles. The maximum Gasteiger partial charge on any atom is 0.241 e. The van der Waals surface area contributed by atoms with Crippen LogP contribution in [0.3, 0.4) is 0 Å². The number of hydrogen-bond donors (Lipinski definition) is 1. The highest BCUT2D eigenvalue weighted by Gasteiger charge is 2.38. The zero-order chi connectivity index (χ0) is 21.4. The van der Waals surface area contributed by atoms with Gasteiger partial charge in [0.1, 0.15) is 11.9 Å². The molecule has 2 aromatic heterocycles. The van der Waals surface area contributed by atoms with E-state index in [0.717, 1.165) is 11.3 Å². The molecular weight excluding hydrogens is 401 g/mol. The van der Waals surface area contributed by atoms with Gasteiger partial charge in [0.15, 0.2) is 11.5 Å². The van der Waals surface area contributed by atoms with Crippen LogP contribution in [0.1, 0.15) is 12.1 Å². The van der Waals surface area contributed by atoms with E-state index in [9.17, 15) is 9.18 Å². The lowest BCUT2D eigenvalue weighted by molar-refractivity contribution is -0.120. The summed E-state index contributed by atoms with van der Waals surface area (Å²) in [5, 5.41) is 7.28. The van der Waals surface area contributed by atoms with Crippen LogP contribution in [0.5, 0.6) is 11.5 Å². The van der Waals surface area contributed by atoms with Gasteiger partial charge in [-0.2, -0.15) is 5.10 Å². The van der Waals surface area contributed by atoms with Gasteiger partial charge < -0.3 is 14.8 Å². The molecule has 0 radical (unpaired) electrons. The van der Waals surface area contributed by atoms with Crippen molar-refractivity contribution in [2.24, 2.45) is 7.05 Å². The molecule has 1 saturated heterocycles. The molecule has 2 aliphatic heterocycles. The van der Waals surface area contributed by atoms with Crippen LogP contribution >= 0.6 is 0 Å². The molecule has 0 bridgehead atoms. The first-order chi connectivity index (χ1) is 15.1. The van der Waals surface area contributed by atoms with Gasteiger partial charge in [-0.1, -0.05) is 12.1 Å². The molecule has 0 spiro atoms. The molecule has 2 aliphatic rings. The van der Waals surface area contributed by atoms with Crippen molar-refractivity contribution >= 4 is 11.6 Å². The number of likely N-dealkylation sites (tertiary alicyclic amines) is 1. The minimum absolute atomic E-state index is 0.137. The van der Waals surface area contributed by atoms with Gasteiger partial charge in [-0.3, -0.25) is 19.4 Å². The lowest BCUT2D eigenvalue weighted by Crippen LogP contribution is -2.39. The second-order valence-electron chi connectivity index (χ2n) is 7.71. The van der Waals surface area contributed by atoms with Crippen molar-refractivity contribution in [3.8, 4) is 22.8 Å². The highest BCUT2D eigenvalue weighted by molar-refractivity contribution is 5.95. The number of hydrogen-bond acceptors (Lipinski definition) is 6. The molecule has 1 fully saturated rings. The largest absolute Gasteiger partial charge is 0.453 e. The Kier molecular flexibility index (Phi) is 5.03. The number of aromatic nitrogens is 3. The number of amides is 1. The molecule has 0 aliphatic carbocycles. The van der Waals surface area contributed by atoms with Crippen LogP contribution in [0, 0.1) is 0 Å². The number of nitrogens with zero attached hydrogens (tertiary/aromatic N) is 4. The second-order valence-corrected chi connectivity index (χ2v) is 7.71. The summed E-state index contributed by atoms with van der Waals surface area (Å²) in [6.45, 7) is 0.616. The normalized spacial score (nSPS) is 20.2. The fraction of sp³-hybridized carbons (Fsp3) is 0.318. The fourth-order valence-electron chi connectivity index (χ4n) is 4.01. The number of fused-ring (bicyclic) bond motifs is 1. The first-order valence-corrected chi connectivity index (χ1v) is 10.1. The third-order valence-corrected chi connectivity index (χ3v) is 5.53. The van der Waals surface area contributed by atoms with Gasteiger partial charge in [0.25, 0.3) is 0 Å². The molecule has 5 rings (SSSR count). The van der Waals surface area contributed by atoms with Crippen molar-refractivity contribution in [2.45, 2.75) is 25.2 Å². The summed E-state index contributed by atoms with van der Waals surface area (Å²) in [4.78, 5) is 19.1. The fourth-order valence-corrected chi connectivity index (χ4v) is 4.01. The number of halogens is 1. The number of benzene rings is 1. The number of carbonyl (C=O) groups is 1. The molecule has 9 heteroatoms. The summed E-state index contributed by atoms with van der Waals surface area (Å²) in [5.74, 6) is 0.944. The van der Waals surface area contributed by atoms with E-state index in [-0.39, 0.29) is 25.7 Å². The van der Waals surface area contributed by atoms with Crippen molar-refractivity contribution in [3.63, 3.8) is 0 Å². The average molecular weight is 423 g/mol. The van der Waals surface area contributed by atoms with E-state index in [1.807, 2.05) is 43.6 Å². The molecule has 1 amide bonds. The second kappa shape index (κ2) is 7.99. The summed E-state index contributed by atoms with van der Waals surface area (Å²) in [6, 6.07) is 10.5. The smallest absolute Gasteiger partial charge is 0.241 e. The molecule has 31 heavy (non-hydrogen) atoms. The van der Waals surface area contributed by atoms with E-state index in [2.05, 4.69) is 15.4 Å². The molecule has 8 nitrogen and oxygen atoms in total. The van der Waals surface area contributed by atoms with Crippen LogP contribution in [0.15, 0.2) is 48.8 Å². The highest BCUT2D eigenvalue weighted by atomic mass is 19.1. The molecule has 4 heterocycles. The summed E-state index contributed by atoms with van der Waals surface area (Å²) < 4.78 is 26.8. The Labute approximate surface area is 178 Å². The van der Waals surface area contributed by atoms with Gasteiger partial charge in [0.05, 0.1) is 11.7 Å². The molecule has 0 saturated carbocycles. The number of ether oxygens (including phenoxy) is 2. The number of anilines is 1. The number of carbonyl (C=O) groups excluding carboxylic acids is 1. The number of nitrogens with one attached hydrogen (secondary N) is 1. The monoisotopic (exact) mass is 423 g/mol. The summed E-state index contributed by atoms with van der Waals surface area (Å²) >= 11 is 0. The minimum atomic E-state index is -1.07. The quantitative estimate of drug-likeness (QED) is 0.680. The van der Waals surface area contributed by atoms with Gasteiger partial charge in [-0.05, 0) is 18.2 Å². The number of rotatable bonds is 5. The molecule has 3 aromatic rings. The van der Waals surface area contributed by atoms with Crippen LogP contribution < -0.4 is 14.8 Å². The highest BCUT2D eigenvalue weighted by Crippen LogP contribution is 2.36. The first-order valence-electron chi connectivity index (χ1n) is 10.1. The van der Waals surface area contributed by atoms with Crippen molar-refractivity contribution in [1.82, 2.24) is 19.7 Å². The lowest BCUT2D eigenvalue weighted by atomic mass is 10.1. The van der Waals surface area contributed by atoms with Crippen LogP contribution in [0.25, 0.3) is 11.3 Å². The average Bonchev–Trinajstić information content (AvgIpc) is 3.49. The number of alkyl halides is 1. The Morgan fingerprint density at radius 1 is 1.23 bits per heavy atom. The van der Waals surface area contributed by atoms with Gasteiger partial charge in [-0.15, -0.1) is 0 Å². The van der Waals surface area contributed by atoms with Crippen molar-refractivity contribution < 1.29 is 18.7 Å². The zero-order valence-electron chi connectivity index (χ0n) is 17.0. The predicted molar refractivity (Wildman–Crippen MR) is 111 cm³/mol. The van der Waals surface area contributed by atoms with E-state index >= 15 is 0 Å². The Morgan fingerprint density at radius 3 is 2.84 bits per heavy atom. The van der Waals surface area contributed by atoms with Gasteiger partial charge in [-0.25, -0.2) is 4.39 Å². The van der Waals surface area contributed by atoms with E-state index in [1.54, 1.807) is 21.8 Å². The van der Waals surface area contributed by atoms with Gasteiger partial charge in [0, 0.05) is 56.3 Å². The number of pyridine rings is 1. The van der Waals surface area contributed by atoms with Crippen molar-refractivity contribution in [2.75, 3.05) is 18.7 Å². The predicted octanol–water partition coefficient (Wildman–Crippen LogP) is 2.76. The Hall–Kier alpha value is -3.46. The SMILES string of the molecule is Cn1ccc(-c2ccc(NC(=O)[C@H]3C[C@H](F)CN3Cc3nccc4c3OCO4)cc2)n1. The van der Waals surface area contributed by atoms with Gasteiger partial charge >= 0.3 is 0 Å². The molecule has 160 valence electrons. The van der Waals surface area contributed by atoms with Crippen LogP contribution in [-0.2, 0) is 18.4 Å². The molecular formula is C22H22FN5O3. The summed E-state index contributed by atoms with van der Waals surface area (Å²) in [7, 11) is 1.86. The standard InChI is InChI=1S/C22H22FN5O3/c1-27-9-7-17(26-27)14-2-4-16(5-3-14)25-22(29)19-10-15(23)11-28(19)12-18-21-20(6-8-24-18)30-13-31-21/h2-9,15,19H,10-13H2,1H3,(H,25,29)/t15-,19+/m0/s1. The maximum absolute atomic E-state index is 14.2. The summed E-state index contributed by atoms with van der Waals surface area (Å²) in [6.07, 6.45) is 2.58. The molecule has 0 unspecified atom stereocenters. The van der Waals surface area contributed by atoms with Crippen LogP contribution in [-0.4, -0.2) is 51.1 Å². The minimum Gasteiger partial charge on any atom is -0.453 e. The van der Waals surface area contributed by atoms with E-state index < -0.39 is 12.2 Å². The Bertz CT molecular complexity index is 1100. The number of aryl methyl sites for hydroxylation is 1. The van der Waals surface area contributed by atoms with Crippen molar-refractivity contribution in [1.29, 1.82) is 0 Å². The third-order valence-electron chi connectivity index (χ3n) is 5.53. The third kappa shape index (κ3) is 3.96. The van der Waals surface area contributed by atoms with E-state index in [4.69, 9.17) is 9.47 Å². The maximum atomic E-state index is 14.2. The topological polar surface area (TPSA) is 81.5 Å². The van der Waals surface area contributed by atoms with Crippen molar-refractivity contribution in [3.05, 3.63) is 54.5 Å². The Morgan fingerprint density at radius 2 is 2.06 bits per heavy atom. The molecule has 1 N–H and O–H groups in total. The van der Waals surface area contributed by atoms with Gasteiger partial charge in [0.2, 0.25) is 12.7 Å². The van der Waals surface area contributed by atoms with Crippen LogP contribution in [0.4, 0.5) is 10.1 Å².